The second kappa shape index (κ2) is 15.0. The first-order valence-corrected chi connectivity index (χ1v) is 12.5. The molecule has 1 unspecified atom stereocenters. The lowest BCUT2D eigenvalue weighted by Gasteiger charge is -2.25. The fourth-order valence-corrected chi connectivity index (χ4v) is 4.22. The Bertz CT molecular complexity index is 1160. The first-order valence-electron chi connectivity index (χ1n) is 12.5. The minimum Gasteiger partial charge on any atom is -0.493 e. The van der Waals surface area contributed by atoms with Gasteiger partial charge in [-0.05, 0) is 37.5 Å². The molecule has 1 aromatic carbocycles. The Balaban J connectivity index is 0.000000366. The van der Waals surface area contributed by atoms with Crippen molar-refractivity contribution in [3.05, 3.63) is 47.8 Å². The number of carboxylic acids is 3. The van der Waals surface area contributed by atoms with Crippen molar-refractivity contribution in [1.82, 2.24) is 14.7 Å². The molecular formula is C27H37N3O10. The molecule has 13 heteroatoms. The number of aliphatic hydroxyl groups is 1. The Hall–Kier alpha value is -3.94. The van der Waals surface area contributed by atoms with Crippen LogP contribution in [0.25, 0.3) is 6.20 Å². The highest BCUT2D eigenvalue weighted by molar-refractivity contribution is 5.88. The van der Waals surface area contributed by atoms with E-state index in [0.29, 0.717) is 6.10 Å². The lowest BCUT2D eigenvalue weighted by Crippen LogP contribution is -2.42. The Morgan fingerprint density at radius 1 is 1.15 bits per heavy atom. The zero-order valence-electron chi connectivity index (χ0n) is 22.9. The Labute approximate surface area is 232 Å². The minimum absolute atomic E-state index is 0.292. The molecule has 13 nitrogen and oxygen atoms in total. The Morgan fingerprint density at radius 3 is 2.27 bits per heavy atom. The van der Waals surface area contributed by atoms with Crippen LogP contribution < -0.4 is 9.47 Å². The molecule has 1 aromatic heterocycles. The fraction of sp³-hybridized carbons (Fsp3) is 0.481. The van der Waals surface area contributed by atoms with Crippen molar-refractivity contribution < 1.29 is 49.0 Å². The van der Waals surface area contributed by atoms with Crippen molar-refractivity contribution in [2.45, 2.75) is 57.4 Å². The van der Waals surface area contributed by atoms with E-state index >= 15 is 0 Å². The van der Waals surface area contributed by atoms with E-state index in [0.717, 1.165) is 56.3 Å². The molecule has 220 valence electrons. The van der Waals surface area contributed by atoms with Crippen molar-refractivity contribution in [3.8, 4) is 11.5 Å². The number of carbonyl (C=O) groups is 3. The zero-order valence-corrected chi connectivity index (χ0v) is 22.9. The van der Waals surface area contributed by atoms with Crippen LogP contribution in [0.2, 0.25) is 0 Å². The van der Waals surface area contributed by atoms with Crippen molar-refractivity contribution in [2.24, 2.45) is 0 Å². The third-order valence-corrected chi connectivity index (χ3v) is 6.22. The molecule has 1 aliphatic rings. The molecule has 40 heavy (non-hydrogen) atoms. The van der Waals surface area contributed by atoms with Crippen LogP contribution in [0.4, 0.5) is 0 Å². The van der Waals surface area contributed by atoms with Crippen LogP contribution in [0.5, 0.6) is 11.5 Å². The Kier molecular flexibility index (Phi) is 12.1. The van der Waals surface area contributed by atoms with Crippen LogP contribution in [0.15, 0.2) is 31.0 Å². The van der Waals surface area contributed by atoms with Gasteiger partial charge >= 0.3 is 17.9 Å². The summed E-state index contributed by atoms with van der Waals surface area (Å²) < 4.78 is 18.4. The lowest BCUT2D eigenvalue weighted by molar-refractivity contribution is -0.170. The molecular weight excluding hydrogens is 526 g/mol. The minimum atomic E-state index is -2.74. The quantitative estimate of drug-likeness (QED) is 0.264. The normalized spacial score (nSPS) is 14.8. The summed E-state index contributed by atoms with van der Waals surface area (Å²) in [5.41, 5.74) is 0.671. The van der Waals surface area contributed by atoms with E-state index in [1.807, 2.05) is 25.3 Å². The summed E-state index contributed by atoms with van der Waals surface area (Å²) in [7, 11) is 3.32. The third-order valence-electron chi connectivity index (χ3n) is 6.22. The van der Waals surface area contributed by atoms with Crippen LogP contribution in [-0.2, 0) is 32.2 Å². The molecule has 0 saturated carbocycles. The number of ether oxygens (including phenoxy) is 3. The zero-order chi connectivity index (χ0) is 29.9. The number of hydrogen-bond donors (Lipinski definition) is 4. The van der Waals surface area contributed by atoms with Gasteiger partial charge in [-0.25, -0.2) is 9.48 Å². The third kappa shape index (κ3) is 9.67. The maximum absolute atomic E-state index is 10.3. The van der Waals surface area contributed by atoms with Gasteiger partial charge in [0, 0.05) is 44.2 Å². The van der Waals surface area contributed by atoms with Gasteiger partial charge in [0.05, 0.1) is 38.9 Å². The highest BCUT2D eigenvalue weighted by atomic mass is 16.5. The molecule has 1 atom stereocenters. The maximum atomic E-state index is 10.3. The van der Waals surface area contributed by atoms with Crippen molar-refractivity contribution in [3.63, 3.8) is 0 Å². The van der Waals surface area contributed by atoms with Gasteiger partial charge in [0.15, 0.2) is 17.1 Å². The molecule has 3 rings (SSSR count). The van der Waals surface area contributed by atoms with Crippen molar-refractivity contribution in [1.29, 1.82) is 0 Å². The van der Waals surface area contributed by atoms with Gasteiger partial charge in [0.1, 0.15) is 0 Å². The smallest absolute Gasteiger partial charge is 0.336 e. The van der Waals surface area contributed by atoms with E-state index in [1.165, 1.54) is 11.1 Å². The number of carboxylic acid groups (broad SMARTS) is 3. The van der Waals surface area contributed by atoms with Gasteiger partial charge in [-0.2, -0.15) is 5.10 Å². The van der Waals surface area contributed by atoms with Crippen LogP contribution >= 0.6 is 0 Å². The standard InChI is InChI=1S/C21H29N3O3.C6H8O7/c1-5-24-14-18(16(2)22-24)13-23(15-19-7-6-10-27-19)12-17-8-9-20(25-3)21(11-17)26-4;7-3(8)1-6(13,5(11)12)2-4(9)10/h5,8-9,11,14,19H,1,6-7,10,12-13,15H2,2-4H3;13H,1-2H2,(H,7,8)(H,9,10)(H,11,12). The molecule has 0 radical (unpaired) electrons. The molecule has 1 saturated heterocycles. The van der Waals surface area contributed by atoms with Crippen molar-refractivity contribution in [2.75, 3.05) is 27.4 Å². The van der Waals surface area contributed by atoms with E-state index in [-0.39, 0.29) is 0 Å². The number of aliphatic carboxylic acids is 3. The summed E-state index contributed by atoms with van der Waals surface area (Å²) >= 11 is 0. The molecule has 0 amide bonds. The second-order valence-electron chi connectivity index (χ2n) is 9.37. The molecule has 4 N–H and O–H groups in total. The van der Waals surface area contributed by atoms with Crippen LogP contribution in [0, 0.1) is 6.92 Å². The average molecular weight is 564 g/mol. The summed E-state index contributed by atoms with van der Waals surface area (Å²) in [6.07, 6.45) is 4.02. The number of aromatic nitrogens is 2. The van der Waals surface area contributed by atoms with Gasteiger partial charge in [-0.15, -0.1) is 0 Å². The number of methoxy groups -OCH3 is 2. The van der Waals surface area contributed by atoms with E-state index < -0.39 is 36.4 Å². The highest BCUT2D eigenvalue weighted by Crippen LogP contribution is 2.28. The van der Waals surface area contributed by atoms with Crippen LogP contribution in [0.1, 0.15) is 42.5 Å². The number of hydrogen-bond acceptors (Lipinski definition) is 9. The predicted octanol–water partition coefficient (Wildman–Crippen LogP) is 2.24. The SMILES string of the molecule is C=Cn1cc(CN(Cc2ccc(OC)c(OC)c2)CC2CCCO2)c(C)n1.O=C(O)CC(O)(CC(=O)O)C(=O)O. The van der Waals surface area contributed by atoms with E-state index in [1.54, 1.807) is 25.1 Å². The molecule has 0 aliphatic carbocycles. The monoisotopic (exact) mass is 563 g/mol. The topological polar surface area (TPSA) is 181 Å². The Morgan fingerprint density at radius 2 is 1.80 bits per heavy atom. The predicted molar refractivity (Wildman–Crippen MR) is 143 cm³/mol. The highest BCUT2D eigenvalue weighted by Gasteiger charge is 2.40. The second-order valence-corrected chi connectivity index (χ2v) is 9.37. The first-order chi connectivity index (χ1) is 18.9. The van der Waals surface area contributed by atoms with E-state index in [2.05, 4.69) is 22.6 Å². The van der Waals surface area contributed by atoms with Gasteiger partial charge in [0.25, 0.3) is 0 Å². The molecule has 0 bridgehead atoms. The number of nitrogens with zero attached hydrogens (tertiary/aromatic N) is 3. The molecule has 1 aliphatic heterocycles. The maximum Gasteiger partial charge on any atom is 0.336 e. The molecule has 2 heterocycles. The van der Waals surface area contributed by atoms with Crippen LogP contribution in [-0.4, -0.2) is 92.1 Å². The summed E-state index contributed by atoms with van der Waals surface area (Å²) in [5, 5.41) is 38.3. The van der Waals surface area contributed by atoms with E-state index in [9.17, 15) is 14.4 Å². The average Bonchev–Trinajstić information content (AvgIpc) is 3.52. The lowest BCUT2D eigenvalue weighted by atomic mass is 9.96. The van der Waals surface area contributed by atoms with E-state index in [4.69, 9.17) is 34.6 Å². The van der Waals surface area contributed by atoms with Gasteiger partial charge in [-0.3, -0.25) is 14.5 Å². The van der Waals surface area contributed by atoms with Crippen LogP contribution in [0.3, 0.4) is 0 Å². The largest absolute Gasteiger partial charge is 0.493 e. The van der Waals surface area contributed by atoms with Gasteiger partial charge < -0.3 is 34.6 Å². The molecule has 2 aromatic rings. The summed E-state index contributed by atoms with van der Waals surface area (Å²) in [4.78, 5) is 32.9. The number of benzene rings is 1. The summed E-state index contributed by atoms with van der Waals surface area (Å²) in [6.45, 7) is 9.21. The van der Waals surface area contributed by atoms with Crippen molar-refractivity contribution >= 4 is 24.1 Å². The van der Waals surface area contributed by atoms with Gasteiger partial charge in [0.2, 0.25) is 0 Å². The number of rotatable bonds is 14. The summed E-state index contributed by atoms with van der Waals surface area (Å²) in [5.74, 6) is -3.52. The molecule has 0 spiro atoms. The first kappa shape index (κ1) is 32.3. The number of aryl methyl sites for hydroxylation is 1. The summed E-state index contributed by atoms with van der Waals surface area (Å²) in [6, 6.07) is 6.09. The molecule has 1 fully saturated rings. The van der Waals surface area contributed by atoms with Gasteiger partial charge in [-0.1, -0.05) is 12.6 Å². The fourth-order valence-electron chi connectivity index (χ4n) is 4.22.